The second-order valence-corrected chi connectivity index (χ2v) is 3.96. The Morgan fingerprint density at radius 3 is 2.73 bits per heavy atom. The van der Waals surface area contributed by atoms with Gasteiger partial charge in [-0.25, -0.2) is 0 Å². The number of hydrogen-bond donors (Lipinski definition) is 1. The average molecular weight is 204 g/mol. The van der Waals surface area contributed by atoms with Crippen molar-refractivity contribution in [3.63, 3.8) is 0 Å². The van der Waals surface area contributed by atoms with Crippen molar-refractivity contribution in [1.82, 2.24) is 5.32 Å². The molecule has 0 aliphatic carbocycles. The van der Waals surface area contributed by atoms with Crippen molar-refractivity contribution >= 4 is 11.6 Å². The minimum atomic E-state index is 0.119. The molecule has 0 unspecified atom stereocenters. The summed E-state index contributed by atoms with van der Waals surface area (Å²) in [6.45, 7) is 4.28. The first-order valence-corrected chi connectivity index (χ1v) is 5.34. The van der Waals surface area contributed by atoms with Crippen molar-refractivity contribution in [1.29, 1.82) is 0 Å². The lowest BCUT2D eigenvalue weighted by Gasteiger charge is -2.21. The molecule has 1 heterocycles. The Morgan fingerprint density at radius 2 is 2.00 bits per heavy atom. The summed E-state index contributed by atoms with van der Waals surface area (Å²) >= 11 is 0. The molecule has 1 aromatic carbocycles. The van der Waals surface area contributed by atoms with Crippen LogP contribution in [0.3, 0.4) is 0 Å². The highest BCUT2D eigenvalue weighted by atomic mass is 16.2. The minimum Gasteiger partial charge on any atom is -0.362 e. The summed E-state index contributed by atoms with van der Waals surface area (Å²) in [6, 6.07) is 8.32. The van der Waals surface area contributed by atoms with E-state index in [0.717, 1.165) is 25.2 Å². The molecular formula is C12H16N2O. The highest BCUT2D eigenvalue weighted by Gasteiger charge is 2.14. The van der Waals surface area contributed by atoms with E-state index >= 15 is 0 Å². The molecular weight excluding hydrogens is 188 g/mol. The first kappa shape index (κ1) is 10.0. The maximum absolute atomic E-state index is 11.4. The molecule has 1 aromatic rings. The SMILES string of the molecule is Cc1ccc(N2CCCNC(=O)C2)cc1. The number of hydrogen-bond acceptors (Lipinski definition) is 2. The Labute approximate surface area is 90.1 Å². The maximum Gasteiger partial charge on any atom is 0.239 e. The first-order chi connectivity index (χ1) is 7.25. The molecule has 0 atom stereocenters. The Balaban J connectivity index is 2.14. The number of rotatable bonds is 1. The fraction of sp³-hybridized carbons (Fsp3) is 0.417. The Hall–Kier alpha value is -1.51. The highest BCUT2D eigenvalue weighted by molar-refractivity contribution is 5.81. The third kappa shape index (κ3) is 2.49. The number of aryl methyl sites for hydroxylation is 1. The number of carbonyl (C=O) groups is 1. The summed E-state index contributed by atoms with van der Waals surface area (Å²) in [5, 5.41) is 2.88. The van der Waals surface area contributed by atoms with Crippen molar-refractivity contribution in [3.05, 3.63) is 29.8 Å². The monoisotopic (exact) mass is 204 g/mol. The highest BCUT2D eigenvalue weighted by Crippen LogP contribution is 2.15. The second-order valence-electron chi connectivity index (χ2n) is 3.96. The Morgan fingerprint density at radius 1 is 1.27 bits per heavy atom. The van der Waals surface area contributed by atoms with Gasteiger partial charge in [0.1, 0.15) is 0 Å². The molecule has 1 amide bonds. The number of nitrogens with one attached hydrogen (secondary N) is 1. The largest absolute Gasteiger partial charge is 0.362 e. The van der Waals surface area contributed by atoms with E-state index in [1.54, 1.807) is 0 Å². The molecule has 2 rings (SSSR count). The van der Waals surface area contributed by atoms with Gasteiger partial charge in [0.25, 0.3) is 0 Å². The van der Waals surface area contributed by atoms with Gasteiger partial charge in [-0.2, -0.15) is 0 Å². The van der Waals surface area contributed by atoms with Crippen LogP contribution >= 0.6 is 0 Å². The van der Waals surface area contributed by atoms with E-state index in [-0.39, 0.29) is 5.91 Å². The van der Waals surface area contributed by atoms with E-state index in [2.05, 4.69) is 41.4 Å². The fourth-order valence-electron chi connectivity index (χ4n) is 1.78. The van der Waals surface area contributed by atoms with Gasteiger partial charge >= 0.3 is 0 Å². The van der Waals surface area contributed by atoms with Gasteiger partial charge in [-0.1, -0.05) is 17.7 Å². The van der Waals surface area contributed by atoms with E-state index in [9.17, 15) is 4.79 Å². The van der Waals surface area contributed by atoms with Gasteiger partial charge in [-0.05, 0) is 25.5 Å². The van der Waals surface area contributed by atoms with E-state index in [4.69, 9.17) is 0 Å². The fourth-order valence-corrected chi connectivity index (χ4v) is 1.78. The number of amides is 1. The number of benzene rings is 1. The molecule has 1 aliphatic rings. The van der Waals surface area contributed by atoms with Crippen molar-refractivity contribution in [3.8, 4) is 0 Å². The Bertz CT molecular complexity index is 345. The van der Waals surface area contributed by atoms with Gasteiger partial charge in [0.15, 0.2) is 0 Å². The lowest BCUT2D eigenvalue weighted by molar-refractivity contribution is -0.119. The number of anilines is 1. The smallest absolute Gasteiger partial charge is 0.239 e. The normalized spacial score (nSPS) is 17.1. The summed E-state index contributed by atoms with van der Waals surface area (Å²) in [5.41, 5.74) is 2.38. The average Bonchev–Trinajstić information content (AvgIpc) is 2.44. The van der Waals surface area contributed by atoms with E-state index in [1.165, 1.54) is 5.56 Å². The molecule has 0 saturated carbocycles. The molecule has 3 nitrogen and oxygen atoms in total. The Kier molecular flexibility index (Phi) is 2.90. The lowest BCUT2D eigenvalue weighted by atomic mass is 10.2. The van der Waals surface area contributed by atoms with Crippen molar-refractivity contribution in [2.24, 2.45) is 0 Å². The van der Waals surface area contributed by atoms with Crippen LogP contribution in [0.2, 0.25) is 0 Å². The second kappa shape index (κ2) is 4.34. The predicted octanol–water partition coefficient (Wildman–Crippen LogP) is 1.32. The van der Waals surface area contributed by atoms with Crippen LogP contribution in [-0.2, 0) is 4.79 Å². The topological polar surface area (TPSA) is 32.3 Å². The van der Waals surface area contributed by atoms with Gasteiger partial charge in [0, 0.05) is 18.8 Å². The van der Waals surface area contributed by atoms with Gasteiger partial charge in [0.2, 0.25) is 5.91 Å². The van der Waals surface area contributed by atoms with Crippen LogP contribution in [0.1, 0.15) is 12.0 Å². The molecule has 1 N–H and O–H groups in total. The number of carbonyl (C=O) groups excluding carboxylic acids is 1. The first-order valence-electron chi connectivity index (χ1n) is 5.34. The third-order valence-corrected chi connectivity index (χ3v) is 2.66. The van der Waals surface area contributed by atoms with Gasteiger partial charge in [0.05, 0.1) is 6.54 Å². The molecule has 0 bridgehead atoms. The molecule has 0 aromatic heterocycles. The van der Waals surface area contributed by atoms with Crippen LogP contribution < -0.4 is 10.2 Å². The number of nitrogens with zero attached hydrogens (tertiary/aromatic N) is 1. The van der Waals surface area contributed by atoms with Crippen molar-refractivity contribution in [2.75, 3.05) is 24.5 Å². The zero-order valence-corrected chi connectivity index (χ0v) is 8.99. The van der Waals surface area contributed by atoms with Gasteiger partial charge in [-0.3, -0.25) is 4.79 Å². The standard InChI is InChI=1S/C12H16N2O/c1-10-3-5-11(6-4-10)14-8-2-7-13-12(15)9-14/h3-6H,2,7-9H2,1H3,(H,13,15). The lowest BCUT2D eigenvalue weighted by Crippen LogP contribution is -2.32. The predicted molar refractivity (Wildman–Crippen MR) is 61.0 cm³/mol. The van der Waals surface area contributed by atoms with E-state index in [0.29, 0.717) is 6.54 Å². The summed E-state index contributed by atoms with van der Waals surface area (Å²) in [4.78, 5) is 13.5. The zero-order valence-electron chi connectivity index (χ0n) is 8.99. The molecule has 80 valence electrons. The van der Waals surface area contributed by atoms with Crippen molar-refractivity contribution < 1.29 is 4.79 Å². The maximum atomic E-state index is 11.4. The molecule has 0 spiro atoms. The summed E-state index contributed by atoms with van der Waals surface area (Å²) < 4.78 is 0. The van der Waals surface area contributed by atoms with Crippen LogP contribution in [0.15, 0.2) is 24.3 Å². The molecule has 1 aliphatic heterocycles. The molecule has 0 radical (unpaired) electrons. The van der Waals surface area contributed by atoms with E-state index in [1.807, 2.05) is 0 Å². The molecule has 1 saturated heterocycles. The van der Waals surface area contributed by atoms with Crippen molar-refractivity contribution in [2.45, 2.75) is 13.3 Å². The van der Waals surface area contributed by atoms with Crippen LogP contribution in [0.4, 0.5) is 5.69 Å². The zero-order chi connectivity index (χ0) is 10.7. The molecule has 1 fully saturated rings. The third-order valence-electron chi connectivity index (χ3n) is 2.66. The van der Waals surface area contributed by atoms with Crippen LogP contribution in [0.5, 0.6) is 0 Å². The molecule has 3 heteroatoms. The minimum absolute atomic E-state index is 0.119. The molecule has 15 heavy (non-hydrogen) atoms. The summed E-state index contributed by atoms with van der Waals surface area (Å²) in [7, 11) is 0. The summed E-state index contributed by atoms with van der Waals surface area (Å²) in [6.07, 6.45) is 1.01. The van der Waals surface area contributed by atoms with Gasteiger partial charge in [-0.15, -0.1) is 0 Å². The van der Waals surface area contributed by atoms with E-state index < -0.39 is 0 Å². The van der Waals surface area contributed by atoms with Crippen LogP contribution in [0.25, 0.3) is 0 Å². The quantitative estimate of drug-likeness (QED) is 0.748. The van der Waals surface area contributed by atoms with Crippen LogP contribution in [-0.4, -0.2) is 25.5 Å². The van der Waals surface area contributed by atoms with Crippen LogP contribution in [0, 0.1) is 6.92 Å². The van der Waals surface area contributed by atoms with Gasteiger partial charge < -0.3 is 10.2 Å². The summed E-state index contributed by atoms with van der Waals surface area (Å²) in [5.74, 6) is 0.119.